The summed E-state index contributed by atoms with van der Waals surface area (Å²) in [6.07, 6.45) is 0.0158. The number of fused-ring (bicyclic) bond motifs is 1. The van der Waals surface area contributed by atoms with Crippen LogP contribution in [-0.4, -0.2) is 15.5 Å². The van der Waals surface area contributed by atoms with Gasteiger partial charge in [-0.25, -0.2) is 18.2 Å². The van der Waals surface area contributed by atoms with Gasteiger partial charge in [0.1, 0.15) is 28.8 Å². The van der Waals surface area contributed by atoms with Crippen molar-refractivity contribution in [3.63, 3.8) is 0 Å². The number of aromatic nitrogens is 2. The van der Waals surface area contributed by atoms with Gasteiger partial charge >= 0.3 is 0 Å². The number of hydrogen-bond acceptors (Lipinski definition) is 4. The van der Waals surface area contributed by atoms with Crippen molar-refractivity contribution in [3.05, 3.63) is 69.5 Å². The highest BCUT2D eigenvalue weighted by atomic mass is 19.1. The number of nitrogens with zero attached hydrogens (tertiary/aromatic N) is 2. The topological polar surface area (TPSA) is 104 Å². The average molecular weight is 390 g/mol. The van der Waals surface area contributed by atoms with Gasteiger partial charge in [0.05, 0.1) is 17.1 Å². The molecule has 9 heteroatoms. The van der Waals surface area contributed by atoms with Crippen LogP contribution in [0.25, 0.3) is 16.6 Å². The predicted molar refractivity (Wildman–Crippen MR) is 97.3 cm³/mol. The number of nitrogens with two attached hydrogens (primary N) is 2. The Morgan fingerprint density at radius 3 is 2.39 bits per heavy atom. The van der Waals surface area contributed by atoms with Gasteiger partial charge in [0, 0.05) is 12.5 Å². The number of primary amides is 1. The monoisotopic (exact) mass is 390 g/mol. The van der Waals surface area contributed by atoms with Gasteiger partial charge in [0.15, 0.2) is 0 Å². The molecule has 0 saturated carbocycles. The van der Waals surface area contributed by atoms with Crippen molar-refractivity contribution < 1.29 is 18.0 Å². The molecule has 0 saturated heterocycles. The third kappa shape index (κ3) is 3.61. The van der Waals surface area contributed by atoms with E-state index in [0.29, 0.717) is 11.6 Å². The number of hydrogen-bond donors (Lipinski definition) is 2. The van der Waals surface area contributed by atoms with Crippen LogP contribution in [0.1, 0.15) is 30.8 Å². The quantitative estimate of drug-likeness (QED) is 0.697. The number of benzene rings is 2. The normalized spacial score (nSPS) is 12.3. The van der Waals surface area contributed by atoms with E-state index in [2.05, 4.69) is 4.98 Å². The van der Waals surface area contributed by atoms with E-state index in [1.807, 2.05) is 0 Å². The van der Waals surface area contributed by atoms with Crippen molar-refractivity contribution in [1.82, 2.24) is 9.55 Å². The molecule has 3 aromatic rings. The molecular formula is C19H17F3N4O2. The molecule has 0 spiro atoms. The van der Waals surface area contributed by atoms with Crippen LogP contribution < -0.4 is 17.0 Å². The molecule has 0 bridgehead atoms. The molecule has 3 rings (SSSR count). The molecule has 0 unspecified atom stereocenters. The van der Waals surface area contributed by atoms with Crippen molar-refractivity contribution in [2.75, 3.05) is 0 Å². The molecule has 28 heavy (non-hydrogen) atoms. The van der Waals surface area contributed by atoms with E-state index in [1.165, 1.54) is 13.0 Å². The molecule has 6 nitrogen and oxygen atoms in total. The second-order valence-corrected chi connectivity index (χ2v) is 6.42. The van der Waals surface area contributed by atoms with E-state index in [4.69, 9.17) is 11.5 Å². The standard InChI is InChI=1S/C19H17F3N4O2/c1-9(23)18-25-17-14(22)4-2-10(3-5-15(24)27)16(17)19(28)26(18)13-7-11(20)6-12(21)8-13/h2,4,6-9H,3,5,23H2,1H3,(H2,24,27)/t9-/m0/s1. The zero-order valence-electron chi connectivity index (χ0n) is 14.9. The lowest BCUT2D eigenvalue weighted by molar-refractivity contribution is -0.117. The Bertz CT molecular complexity index is 1120. The molecule has 0 radical (unpaired) electrons. The molecule has 146 valence electrons. The van der Waals surface area contributed by atoms with E-state index in [9.17, 15) is 22.8 Å². The molecule has 2 aromatic carbocycles. The van der Waals surface area contributed by atoms with Gasteiger partial charge in [0.25, 0.3) is 5.56 Å². The molecule has 1 heterocycles. The fraction of sp³-hybridized carbons (Fsp3) is 0.211. The van der Waals surface area contributed by atoms with Gasteiger partial charge in [-0.1, -0.05) is 6.07 Å². The van der Waals surface area contributed by atoms with Crippen LogP contribution in [-0.2, 0) is 11.2 Å². The van der Waals surface area contributed by atoms with E-state index in [0.717, 1.165) is 22.8 Å². The summed E-state index contributed by atoms with van der Waals surface area (Å²) in [6.45, 7) is 1.51. The summed E-state index contributed by atoms with van der Waals surface area (Å²) in [4.78, 5) is 28.5. The van der Waals surface area contributed by atoms with Crippen LogP contribution >= 0.6 is 0 Å². The third-order valence-corrected chi connectivity index (χ3v) is 4.24. The van der Waals surface area contributed by atoms with Crippen molar-refractivity contribution in [3.8, 4) is 5.69 Å². The van der Waals surface area contributed by atoms with E-state index in [1.54, 1.807) is 0 Å². The fourth-order valence-electron chi connectivity index (χ4n) is 3.03. The maximum Gasteiger partial charge on any atom is 0.266 e. The molecule has 0 fully saturated rings. The second kappa shape index (κ2) is 7.43. The molecule has 1 amide bonds. The van der Waals surface area contributed by atoms with Gasteiger partial charge in [-0.2, -0.15) is 0 Å². The van der Waals surface area contributed by atoms with Crippen LogP contribution in [0.4, 0.5) is 13.2 Å². The first kappa shape index (κ1) is 19.6. The summed E-state index contributed by atoms with van der Waals surface area (Å²) in [5.41, 5.74) is 10.3. The largest absolute Gasteiger partial charge is 0.370 e. The molecule has 0 aliphatic rings. The summed E-state index contributed by atoms with van der Waals surface area (Å²) in [6, 6.07) is 4.20. The number of carbonyl (C=O) groups excluding carboxylic acids is 1. The van der Waals surface area contributed by atoms with Crippen LogP contribution in [0.2, 0.25) is 0 Å². The number of aryl methyl sites for hydroxylation is 1. The average Bonchev–Trinajstić information content (AvgIpc) is 2.60. The zero-order valence-corrected chi connectivity index (χ0v) is 14.9. The Morgan fingerprint density at radius 2 is 1.82 bits per heavy atom. The maximum atomic E-state index is 14.4. The lowest BCUT2D eigenvalue weighted by Gasteiger charge is -2.17. The fourth-order valence-corrected chi connectivity index (χ4v) is 3.03. The zero-order chi connectivity index (χ0) is 20.6. The Hall–Kier alpha value is -3.20. The molecule has 0 aliphatic carbocycles. The lowest BCUT2D eigenvalue weighted by atomic mass is 10.0. The van der Waals surface area contributed by atoms with Gasteiger partial charge in [0.2, 0.25) is 5.91 Å². The third-order valence-electron chi connectivity index (χ3n) is 4.24. The first-order chi connectivity index (χ1) is 13.2. The molecule has 4 N–H and O–H groups in total. The predicted octanol–water partition coefficient (Wildman–Crippen LogP) is 2.24. The van der Waals surface area contributed by atoms with E-state index in [-0.39, 0.29) is 35.3 Å². The molecular weight excluding hydrogens is 373 g/mol. The van der Waals surface area contributed by atoms with Crippen molar-refractivity contribution in [2.24, 2.45) is 11.5 Å². The van der Waals surface area contributed by atoms with Crippen LogP contribution in [0.3, 0.4) is 0 Å². The van der Waals surface area contributed by atoms with Crippen LogP contribution in [0.15, 0.2) is 35.1 Å². The van der Waals surface area contributed by atoms with Crippen molar-refractivity contribution >= 4 is 16.8 Å². The highest BCUT2D eigenvalue weighted by Gasteiger charge is 2.21. The number of carbonyl (C=O) groups is 1. The van der Waals surface area contributed by atoms with Gasteiger partial charge in [-0.15, -0.1) is 0 Å². The summed E-state index contributed by atoms with van der Waals surface area (Å²) < 4.78 is 42.8. The Balaban J connectivity index is 2.41. The van der Waals surface area contributed by atoms with Crippen molar-refractivity contribution in [1.29, 1.82) is 0 Å². The van der Waals surface area contributed by atoms with Crippen molar-refractivity contribution in [2.45, 2.75) is 25.8 Å². The van der Waals surface area contributed by atoms with E-state index >= 15 is 0 Å². The minimum Gasteiger partial charge on any atom is -0.370 e. The van der Waals surface area contributed by atoms with Crippen LogP contribution in [0, 0.1) is 17.5 Å². The van der Waals surface area contributed by atoms with E-state index < -0.39 is 35.0 Å². The SMILES string of the molecule is C[C@H](N)c1nc2c(F)ccc(CCC(N)=O)c2c(=O)n1-c1cc(F)cc(F)c1. The van der Waals surface area contributed by atoms with Gasteiger partial charge in [-0.05, 0) is 37.1 Å². The summed E-state index contributed by atoms with van der Waals surface area (Å²) in [5.74, 6) is -3.20. The summed E-state index contributed by atoms with van der Waals surface area (Å²) >= 11 is 0. The Kier molecular flexibility index (Phi) is 5.19. The Labute approximate surface area is 157 Å². The second-order valence-electron chi connectivity index (χ2n) is 6.42. The van der Waals surface area contributed by atoms with Gasteiger partial charge < -0.3 is 11.5 Å². The summed E-state index contributed by atoms with van der Waals surface area (Å²) in [5, 5.41) is -0.102. The number of rotatable bonds is 5. The molecule has 1 aromatic heterocycles. The highest BCUT2D eigenvalue weighted by molar-refractivity contribution is 5.83. The molecule has 0 aliphatic heterocycles. The maximum absolute atomic E-state index is 14.4. The Morgan fingerprint density at radius 1 is 1.18 bits per heavy atom. The lowest BCUT2D eigenvalue weighted by Crippen LogP contribution is -2.28. The smallest absolute Gasteiger partial charge is 0.266 e. The minimum absolute atomic E-state index is 0.0616. The number of halogens is 3. The first-order valence-corrected chi connectivity index (χ1v) is 8.43. The highest BCUT2D eigenvalue weighted by Crippen LogP contribution is 2.23. The van der Waals surface area contributed by atoms with Gasteiger partial charge in [-0.3, -0.25) is 14.2 Å². The molecule has 1 atom stereocenters. The number of amides is 1. The summed E-state index contributed by atoms with van der Waals surface area (Å²) in [7, 11) is 0. The first-order valence-electron chi connectivity index (χ1n) is 8.43. The van der Waals surface area contributed by atoms with Crippen LogP contribution in [0.5, 0.6) is 0 Å². The minimum atomic E-state index is -0.897.